The number of benzene rings is 1. The van der Waals surface area contributed by atoms with Crippen LogP contribution in [-0.2, 0) is 0 Å². The number of aromatic nitrogens is 2. The Morgan fingerprint density at radius 1 is 1.08 bits per heavy atom. The molecule has 126 valence electrons. The van der Waals surface area contributed by atoms with E-state index in [0.717, 1.165) is 17.1 Å². The van der Waals surface area contributed by atoms with E-state index < -0.39 is 0 Å². The van der Waals surface area contributed by atoms with Gasteiger partial charge >= 0.3 is 0 Å². The van der Waals surface area contributed by atoms with Crippen molar-refractivity contribution in [1.29, 1.82) is 0 Å². The third-order valence-corrected chi connectivity index (χ3v) is 4.70. The van der Waals surface area contributed by atoms with Crippen LogP contribution in [0.5, 0.6) is 0 Å². The number of para-hydroxylation sites is 1. The number of hydrogen-bond acceptors (Lipinski definition) is 2. The van der Waals surface area contributed by atoms with Gasteiger partial charge < -0.3 is 15.2 Å². The molecule has 1 aliphatic rings. The molecular formula is C19H17FN4S. The molecule has 3 aromatic rings. The fourth-order valence-corrected chi connectivity index (χ4v) is 3.61. The van der Waals surface area contributed by atoms with Crippen molar-refractivity contribution in [3.8, 4) is 0 Å². The minimum Gasteiger partial charge on any atom is -0.361 e. The lowest BCUT2D eigenvalue weighted by Gasteiger charge is -2.27. The van der Waals surface area contributed by atoms with E-state index in [0.29, 0.717) is 10.8 Å². The monoisotopic (exact) mass is 352 g/mol. The first kappa shape index (κ1) is 15.8. The molecule has 2 aromatic heterocycles. The molecule has 25 heavy (non-hydrogen) atoms. The van der Waals surface area contributed by atoms with Crippen LogP contribution in [-0.4, -0.2) is 15.1 Å². The summed E-state index contributed by atoms with van der Waals surface area (Å²) in [7, 11) is 0. The van der Waals surface area contributed by atoms with Gasteiger partial charge in [0, 0.05) is 17.6 Å². The maximum Gasteiger partial charge on any atom is 0.174 e. The fourth-order valence-electron chi connectivity index (χ4n) is 3.28. The minimum absolute atomic E-state index is 0.175. The molecule has 0 spiro atoms. The number of aryl methyl sites for hydroxylation is 1. The number of aromatic amines is 1. The van der Waals surface area contributed by atoms with Crippen molar-refractivity contribution in [2.75, 3.05) is 4.90 Å². The molecule has 0 unspecified atom stereocenters. The number of halogens is 1. The second-order valence-corrected chi connectivity index (χ2v) is 6.43. The third kappa shape index (κ3) is 2.78. The SMILES string of the molecule is Cc1ccc([C@@H]2[C@H](c3ccccn3)NC(=S)N2c2ccccc2F)[nH]1. The number of thiocarbonyl (C=S) groups is 1. The van der Waals surface area contributed by atoms with E-state index in [1.807, 2.05) is 48.2 Å². The highest BCUT2D eigenvalue weighted by atomic mass is 32.1. The summed E-state index contributed by atoms with van der Waals surface area (Å²) in [5.74, 6) is -0.304. The Bertz CT molecular complexity index is 909. The third-order valence-electron chi connectivity index (χ3n) is 4.38. The molecule has 1 aromatic carbocycles. The molecule has 0 aliphatic carbocycles. The zero-order valence-electron chi connectivity index (χ0n) is 13.6. The van der Waals surface area contributed by atoms with Gasteiger partial charge in [-0.25, -0.2) is 4.39 Å². The highest BCUT2D eigenvalue weighted by Gasteiger charge is 2.42. The highest BCUT2D eigenvalue weighted by molar-refractivity contribution is 7.80. The summed E-state index contributed by atoms with van der Waals surface area (Å²) in [6, 6.07) is 16.1. The summed E-state index contributed by atoms with van der Waals surface area (Å²) < 4.78 is 14.5. The molecule has 2 atom stereocenters. The number of nitrogens with zero attached hydrogens (tertiary/aromatic N) is 2. The van der Waals surface area contributed by atoms with E-state index in [2.05, 4.69) is 15.3 Å². The van der Waals surface area contributed by atoms with Gasteiger partial charge in [-0.3, -0.25) is 4.98 Å². The maximum absolute atomic E-state index is 14.5. The number of hydrogen-bond donors (Lipinski definition) is 2. The number of nitrogens with one attached hydrogen (secondary N) is 2. The van der Waals surface area contributed by atoms with Crippen LogP contribution in [0.25, 0.3) is 0 Å². The van der Waals surface area contributed by atoms with Gasteiger partial charge in [-0.05, 0) is 55.5 Å². The van der Waals surface area contributed by atoms with Gasteiger partial charge in [0.25, 0.3) is 0 Å². The van der Waals surface area contributed by atoms with Crippen molar-refractivity contribution in [2.45, 2.75) is 19.0 Å². The average molecular weight is 352 g/mol. The largest absolute Gasteiger partial charge is 0.361 e. The predicted molar refractivity (Wildman–Crippen MR) is 99.9 cm³/mol. The topological polar surface area (TPSA) is 44.0 Å². The normalized spacial score (nSPS) is 19.9. The lowest BCUT2D eigenvalue weighted by Crippen LogP contribution is -2.30. The van der Waals surface area contributed by atoms with Crippen molar-refractivity contribution in [3.05, 3.63) is 83.7 Å². The van der Waals surface area contributed by atoms with Gasteiger partial charge in [0.2, 0.25) is 0 Å². The summed E-state index contributed by atoms with van der Waals surface area (Å²) in [4.78, 5) is 9.67. The molecule has 0 bridgehead atoms. The van der Waals surface area contributed by atoms with Crippen molar-refractivity contribution < 1.29 is 4.39 Å². The van der Waals surface area contributed by atoms with E-state index in [-0.39, 0.29) is 17.9 Å². The second-order valence-electron chi connectivity index (χ2n) is 6.04. The van der Waals surface area contributed by atoms with E-state index in [1.165, 1.54) is 6.07 Å². The molecule has 0 saturated carbocycles. The molecule has 4 nitrogen and oxygen atoms in total. The van der Waals surface area contributed by atoms with Gasteiger partial charge in [0.15, 0.2) is 5.11 Å². The molecular weight excluding hydrogens is 335 g/mol. The summed E-state index contributed by atoms with van der Waals surface area (Å²) in [5.41, 5.74) is 3.32. The average Bonchev–Trinajstić information content (AvgIpc) is 3.19. The Kier molecular flexibility index (Phi) is 3.97. The van der Waals surface area contributed by atoms with E-state index >= 15 is 0 Å². The Morgan fingerprint density at radius 2 is 1.88 bits per heavy atom. The van der Waals surface area contributed by atoms with Crippen LogP contribution in [0.2, 0.25) is 0 Å². The van der Waals surface area contributed by atoms with E-state index in [9.17, 15) is 4.39 Å². The summed E-state index contributed by atoms with van der Waals surface area (Å²) >= 11 is 5.55. The van der Waals surface area contributed by atoms with Crippen molar-refractivity contribution in [3.63, 3.8) is 0 Å². The molecule has 3 heterocycles. The van der Waals surface area contributed by atoms with Crippen molar-refractivity contribution in [1.82, 2.24) is 15.3 Å². The fraction of sp³-hybridized carbons (Fsp3) is 0.158. The Morgan fingerprint density at radius 3 is 2.56 bits per heavy atom. The van der Waals surface area contributed by atoms with Crippen LogP contribution in [0.4, 0.5) is 10.1 Å². The Labute approximate surface area is 150 Å². The quantitative estimate of drug-likeness (QED) is 0.699. The van der Waals surface area contributed by atoms with Gasteiger partial charge in [0.05, 0.1) is 17.4 Å². The van der Waals surface area contributed by atoms with E-state index in [4.69, 9.17) is 12.2 Å². The number of anilines is 1. The number of rotatable bonds is 3. The van der Waals surface area contributed by atoms with Crippen LogP contribution in [0.1, 0.15) is 29.2 Å². The first-order chi connectivity index (χ1) is 12.1. The second kappa shape index (κ2) is 6.29. The smallest absolute Gasteiger partial charge is 0.174 e. The standard InChI is InChI=1S/C19H17FN4S/c1-12-9-10-15(22-12)18-17(14-7-4-5-11-21-14)23-19(25)24(18)16-8-3-2-6-13(16)20/h2-11,17-18,22H,1H3,(H,23,25)/t17-,18+/m0/s1. The first-order valence-corrected chi connectivity index (χ1v) is 8.46. The molecule has 2 N–H and O–H groups in total. The van der Waals surface area contributed by atoms with Crippen molar-refractivity contribution in [2.24, 2.45) is 0 Å². The number of pyridine rings is 1. The molecule has 1 saturated heterocycles. The predicted octanol–water partition coefficient (Wildman–Crippen LogP) is 4.03. The lowest BCUT2D eigenvalue weighted by molar-refractivity contribution is 0.549. The highest BCUT2D eigenvalue weighted by Crippen LogP contribution is 2.41. The Hall–Kier alpha value is -2.73. The van der Waals surface area contributed by atoms with Crippen LogP contribution in [0, 0.1) is 12.7 Å². The Balaban J connectivity index is 1.85. The summed E-state index contributed by atoms with van der Waals surface area (Å²) in [6.45, 7) is 1.99. The molecule has 0 amide bonds. The zero-order chi connectivity index (χ0) is 17.4. The molecule has 6 heteroatoms. The van der Waals surface area contributed by atoms with Crippen LogP contribution in [0.15, 0.2) is 60.8 Å². The number of H-pyrrole nitrogens is 1. The van der Waals surface area contributed by atoms with Gasteiger partial charge in [-0.2, -0.15) is 0 Å². The van der Waals surface area contributed by atoms with Crippen LogP contribution in [0.3, 0.4) is 0 Å². The molecule has 4 rings (SSSR count). The summed E-state index contributed by atoms with van der Waals surface area (Å²) in [6.07, 6.45) is 1.75. The van der Waals surface area contributed by atoms with Gasteiger partial charge in [-0.15, -0.1) is 0 Å². The van der Waals surface area contributed by atoms with Crippen LogP contribution >= 0.6 is 12.2 Å². The van der Waals surface area contributed by atoms with Crippen molar-refractivity contribution >= 4 is 23.0 Å². The van der Waals surface area contributed by atoms with E-state index in [1.54, 1.807) is 18.3 Å². The van der Waals surface area contributed by atoms with Crippen LogP contribution < -0.4 is 10.2 Å². The van der Waals surface area contributed by atoms with Gasteiger partial charge in [0.1, 0.15) is 11.9 Å². The molecule has 0 radical (unpaired) electrons. The summed E-state index contributed by atoms with van der Waals surface area (Å²) in [5, 5.41) is 3.80. The zero-order valence-corrected chi connectivity index (χ0v) is 14.4. The van der Waals surface area contributed by atoms with Gasteiger partial charge in [-0.1, -0.05) is 18.2 Å². The minimum atomic E-state index is -0.304. The lowest BCUT2D eigenvalue weighted by atomic mass is 10.0. The first-order valence-electron chi connectivity index (χ1n) is 8.06. The molecule has 1 fully saturated rings. The maximum atomic E-state index is 14.5. The molecule has 1 aliphatic heterocycles.